The number of carbonyl (C=O) groups excluding carboxylic acids is 1. The van der Waals surface area contributed by atoms with Gasteiger partial charge in [-0.15, -0.1) is 0 Å². The van der Waals surface area contributed by atoms with Crippen LogP contribution in [0.1, 0.15) is 21.7 Å². The molecule has 0 fully saturated rings. The fourth-order valence-electron chi connectivity index (χ4n) is 1.47. The molecule has 1 N–H and O–H groups in total. The molecule has 0 atom stereocenters. The molecular weight excluding hydrogens is 295 g/mol. The van der Waals surface area contributed by atoms with Crippen LogP contribution >= 0.6 is 0 Å². The van der Waals surface area contributed by atoms with E-state index in [9.17, 15) is 22.8 Å². The van der Waals surface area contributed by atoms with E-state index in [0.29, 0.717) is 5.56 Å². The van der Waals surface area contributed by atoms with Gasteiger partial charge in [-0.3, -0.25) is 9.68 Å². The maximum absolute atomic E-state index is 12.6. The Morgan fingerprint density at radius 2 is 1.90 bits per heavy atom. The summed E-state index contributed by atoms with van der Waals surface area (Å²) >= 11 is 0. The molecule has 0 unspecified atom stereocenters. The highest BCUT2D eigenvalue weighted by Crippen LogP contribution is 2.29. The lowest BCUT2D eigenvalue weighted by atomic mass is 10.2. The summed E-state index contributed by atoms with van der Waals surface area (Å²) in [7, 11) is 0. The van der Waals surface area contributed by atoms with Gasteiger partial charge in [0.25, 0.3) is 11.3 Å². The number of carbonyl (C=O) groups is 1. The van der Waals surface area contributed by atoms with Crippen molar-refractivity contribution >= 4 is 5.97 Å². The van der Waals surface area contributed by atoms with Crippen LogP contribution in [-0.4, -0.2) is 11.1 Å². The number of rotatable bonds is 4. The van der Waals surface area contributed by atoms with Crippen molar-refractivity contribution < 1.29 is 32.3 Å². The van der Waals surface area contributed by atoms with Crippen molar-refractivity contribution in [3.8, 4) is 0 Å². The first-order valence-electron chi connectivity index (χ1n) is 5.56. The molecule has 0 spiro atoms. The molecule has 0 aliphatic carbocycles. The van der Waals surface area contributed by atoms with Crippen molar-refractivity contribution in [1.29, 1.82) is 0 Å². The van der Waals surface area contributed by atoms with Crippen LogP contribution in [0.3, 0.4) is 0 Å². The molecule has 21 heavy (non-hydrogen) atoms. The Bertz CT molecular complexity index is 674. The lowest BCUT2D eigenvalue weighted by Crippen LogP contribution is -2.20. The molecule has 0 saturated heterocycles. The Labute approximate surface area is 115 Å². The molecule has 0 radical (unpaired) electrons. The zero-order chi connectivity index (χ0) is 15.5. The number of aromatic nitrogens is 1. The number of aromatic amines is 1. The molecule has 2 aromatic rings. The summed E-state index contributed by atoms with van der Waals surface area (Å²) in [6.07, 6.45) is -5.05. The molecule has 0 amide bonds. The monoisotopic (exact) mass is 303 g/mol. The number of hydrogen-bond donors (Lipinski definition) is 1. The van der Waals surface area contributed by atoms with Gasteiger partial charge in [0.15, 0.2) is 5.56 Å². The van der Waals surface area contributed by atoms with E-state index in [-0.39, 0.29) is 6.61 Å². The lowest BCUT2D eigenvalue weighted by Gasteiger charge is -2.04. The van der Waals surface area contributed by atoms with Gasteiger partial charge in [0, 0.05) is 0 Å². The minimum atomic E-state index is -5.05. The molecule has 1 heterocycles. The van der Waals surface area contributed by atoms with Gasteiger partial charge in [-0.1, -0.05) is 30.3 Å². The van der Waals surface area contributed by atoms with Gasteiger partial charge < -0.3 is 4.52 Å². The highest BCUT2D eigenvalue weighted by Gasteiger charge is 2.42. The summed E-state index contributed by atoms with van der Waals surface area (Å²) in [4.78, 5) is 31.1. The number of H-pyrrole nitrogens is 1. The summed E-state index contributed by atoms with van der Waals surface area (Å²) in [6.45, 7) is -0.164. The highest BCUT2D eigenvalue weighted by molar-refractivity contribution is 5.87. The number of halogens is 3. The maximum atomic E-state index is 12.6. The van der Waals surface area contributed by atoms with Crippen molar-refractivity contribution in [3.63, 3.8) is 0 Å². The Morgan fingerprint density at radius 1 is 1.24 bits per heavy atom. The second-order valence-corrected chi connectivity index (χ2v) is 3.85. The van der Waals surface area contributed by atoms with Crippen LogP contribution in [0.4, 0.5) is 13.2 Å². The summed E-state index contributed by atoms with van der Waals surface area (Å²) in [6, 6.07) is 8.47. The van der Waals surface area contributed by atoms with Gasteiger partial charge in [-0.05, 0) is 5.56 Å². The summed E-state index contributed by atoms with van der Waals surface area (Å²) in [5.41, 5.74) is -2.70. The van der Waals surface area contributed by atoms with E-state index in [4.69, 9.17) is 0 Å². The Hall–Kier alpha value is -2.55. The van der Waals surface area contributed by atoms with E-state index in [1.165, 1.54) is 5.16 Å². The van der Waals surface area contributed by atoms with Crippen LogP contribution in [0.15, 0.2) is 39.6 Å². The molecule has 0 aliphatic heterocycles. The summed E-state index contributed by atoms with van der Waals surface area (Å²) in [5.74, 6) is -2.85. The van der Waals surface area contributed by atoms with Gasteiger partial charge in [0.1, 0.15) is 6.61 Å². The topological polar surface area (TPSA) is 81.5 Å². The van der Waals surface area contributed by atoms with Crippen LogP contribution in [-0.2, 0) is 22.6 Å². The first-order valence-corrected chi connectivity index (χ1v) is 5.56. The average Bonchev–Trinajstić information content (AvgIpc) is 2.82. The van der Waals surface area contributed by atoms with Crippen molar-refractivity contribution in [2.24, 2.45) is 0 Å². The first-order chi connectivity index (χ1) is 9.89. The highest BCUT2D eigenvalue weighted by atomic mass is 19.4. The SMILES string of the molecule is O=C(OOCc1ccccc1)c1o[nH]c(=O)c1C(F)(F)F. The standard InChI is InChI=1S/C12H8F3NO5/c13-12(14,15)8-9(20-16-10(8)17)11(18)21-19-6-7-4-2-1-3-5-7/h1-5H,6H2,(H,16,17). The van der Waals surface area contributed by atoms with E-state index >= 15 is 0 Å². The Balaban J connectivity index is 2.03. The van der Waals surface area contributed by atoms with Gasteiger partial charge >= 0.3 is 12.1 Å². The fourth-order valence-corrected chi connectivity index (χ4v) is 1.47. The molecule has 2 rings (SSSR count). The number of alkyl halides is 3. The van der Waals surface area contributed by atoms with Gasteiger partial charge in [-0.25, -0.2) is 4.79 Å². The van der Waals surface area contributed by atoms with Crippen LogP contribution in [0.2, 0.25) is 0 Å². The second kappa shape index (κ2) is 5.83. The number of hydrogen-bond acceptors (Lipinski definition) is 5. The van der Waals surface area contributed by atoms with Crippen LogP contribution < -0.4 is 5.56 Å². The van der Waals surface area contributed by atoms with E-state index in [2.05, 4.69) is 14.3 Å². The van der Waals surface area contributed by atoms with Crippen molar-refractivity contribution in [2.75, 3.05) is 0 Å². The molecule has 9 heteroatoms. The van der Waals surface area contributed by atoms with Gasteiger partial charge in [0.2, 0.25) is 0 Å². The zero-order valence-electron chi connectivity index (χ0n) is 10.3. The maximum Gasteiger partial charge on any atom is 0.425 e. The van der Waals surface area contributed by atoms with Crippen LogP contribution in [0, 0.1) is 0 Å². The predicted octanol–water partition coefficient (Wildman–Crippen LogP) is 2.28. The van der Waals surface area contributed by atoms with E-state index in [1.807, 2.05) is 0 Å². The van der Waals surface area contributed by atoms with Gasteiger partial charge in [-0.2, -0.15) is 23.2 Å². The fraction of sp³-hybridized carbons (Fsp3) is 0.167. The Kier molecular flexibility index (Phi) is 4.13. The minimum Gasteiger partial charge on any atom is -0.370 e. The molecule has 112 valence electrons. The number of nitrogens with one attached hydrogen (secondary N) is 1. The third-order valence-electron chi connectivity index (χ3n) is 2.37. The van der Waals surface area contributed by atoms with Crippen LogP contribution in [0.5, 0.6) is 0 Å². The normalized spacial score (nSPS) is 11.4. The van der Waals surface area contributed by atoms with Gasteiger partial charge in [0.05, 0.1) is 0 Å². The zero-order valence-corrected chi connectivity index (χ0v) is 10.3. The first kappa shape index (κ1) is 14.9. The third-order valence-corrected chi connectivity index (χ3v) is 2.37. The Morgan fingerprint density at radius 3 is 2.52 bits per heavy atom. The minimum absolute atomic E-state index is 0.164. The molecule has 0 aliphatic rings. The molecular formula is C12H8F3NO5. The largest absolute Gasteiger partial charge is 0.425 e. The van der Waals surface area contributed by atoms with Crippen molar-refractivity contribution in [1.82, 2.24) is 5.16 Å². The summed E-state index contributed by atoms with van der Waals surface area (Å²) < 4.78 is 41.9. The van der Waals surface area contributed by atoms with Crippen molar-refractivity contribution in [2.45, 2.75) is 12.8 Å². The van der Waals surface area contributed by atoms with E-state index in [1.54, 1.807) is 30.3 Å². The quantitative estimate of drug-likeness (QED) is 0.692. The van der Waals surface area contributed by atoms with E-state index in [0.717, 1.165) is 0 Å². The second-order valence-electron chi connectivity index (χ2n) is 3.85. The average molecular weight is 303 g/mol. The van der Waals surface area contributed by atoms with Crippen molar-refractivity contribution in [3.05, 3.63) is 57.6 Å². The molecule has 0 bridgehead atoms. The van der Waals surface area contributed by atoms with Crippen LogP contribution in [0.25, 0.3) is 0 Å². The number of benzene rings is 1. The predicted molar refractivity (Wildman–Crippen MR) is 61.0 cm³/mol. The molecule has 1 aromatic heterocycles. The molecule has 6 nitrogen and oxygen atoms in total. The molecule has 0 saturated carbocycles. The smallest absolute Gasteiger partial charge is 0.370 e. The third kappa shape index (κ3) is 3.51. The summed E-state index contributed by atoms with van der Waals surface area (Å²) in [5, 5.41) is 1.43. The lowest BCUT2D eigenvalue weighted by molar-refractivity contribution is -0.252. The van der Waals surface area contributed by atoms with E-state index < -0.39 is 29.0 Å². The molecule has 1 aromatic carbocycles.